The highest BCUT2D eigenvalue weighted by Crippen LogP contribution is 2.30. The van der Waals surface area contributed by atoms with Gasteiger partial charge in [-0.25, -0.2) is 0 Å². The van der Waals surface area contributed by atoms with Crippen molar-refractivity contribution in [2.75, 3.05) is 7.11 Å². The van der Waals surface area contributed by atoms with Crippen molar-refractivity contribution in [3.8, 4) is 11.5 Å². The van der Waals surface area contributed by atoms with Crippen molar-refractivity contribution in [1.29, 1.82) is 0 Å². The van der Waals surface area contributed by atoms with Crippen LogP contribution in [0.25, 0.3) is 0 Å². The minimum atomic E-state index is -0.530. The molecule has 0 aliphatic heterocycles. The van der Waals surface area contributed by atoms with Gasteiger partial charge in [-0.1, -0.05) is 6.07 Å². The second-order valence-corrected chi connectivity index (χ2v) is 4.97. The third kappa shape index (κ3) is 3.55. The van der Waals surface area contributed by atoms with Gasteiger partial charge in [0, 0.05) is 6.54 Å². The molecule has 0 spiro atoms. The number of benzene rings is 1. The minimum Gasteiger partial charge on any atom is -0.493 e. The second-order valence-electron chi connectivity index (χ2n) is 4.97. The molecule has 5 nitrogen and oxygen atoms in total. The summed E-state index contributed by atoms with van der Waals surface area (Å²) in [6.45, 7) is 6.98. The molecule has 2 aromatic rings. The Labute approximate surface area is 125 Å². The van der Waals surface area contributed by atoms with E-state index in [9.17, 15) is 5.11 Å². The van der Waals surface area contributed by atoms with Crippen LogP contribution in [-0.4, -0.2) is 22.0 Å². The lowest BCUT2D eigenvalue weighted by molar-refractivity contribution is 0.198. The predicted octanol–water partition coefficient (Wildman–Crippen LogP) is 2.85. The number of nitrogens with zero attached hydrogens (tertiary/aromatic N) is 2. The number of hydrogen-bond acceptors (Lipinski definition) is 4. The van der Waals surface area contributed by atoms with Gasteiger partial charge in [-0.05, 0) is 44.5 Å². The molecule has 1 heterocycles. The zero-order chi connectivity index (χ0) is 15.4. The Bertz CT molecular complexity index is 606. The zero-order valence-electron chi connectivity index (χ0n) is 13.0. The lowest BCUT2D eigenvalue weighted by Crippen LogP contribution is -2.06. The molecular weight excluding hydrogens is 268 g/mol. The van der Waals surface area contributed by atoms with Gasteiger partial charge in [0.15, 0.2) is 11.5 Å². The van der Waals surface area contributed by atoms with E-state index in [2.05, 4.69) is 5.10 Å². The molecule has 0 unspecified atom stereocenters. The summed E-state index contributed by atoms with van der Waals surface area (Å²) in [5.74, 6) is 1.27. The molecule has 1 N–H and O–H groups in total. The molecule has 0 bridgehead atoms. The SMILES string of the molecule is CCn1nc(C)cc1COc1ccc([C@H](C)O)cc1OC. The average Bonchev–Trinajstić information content (AvgIpc) is 2.84. The van der Waals surface area contributed by atoms with Crippen LogP contribution in [0.1, 0.15) is 36.9 Å². The number of methoxy groups -OCH3 is 1. The molecule has 5 heteroatoms. The first-order valence-electron chi connectivity index (χ1n) is 7.07. The van der Waals surface area contributed by atoms with Gasteiger partial charge in [-0.2, -0.15) is 5.10 Å². The maximum absolute atomic E-state index is 9.61. The second kappa shape index (κ2) is 6.63. The van der Waals surface area contributed by atoms with Gasteiger partial charge in [-0.15, -0.1) is 0 Å². The number of aliphatic hydroxyl groups is 1. The highest BCUT2D eigenvalue weighted by molar-refractivity contribution is 5.43. The number of ether oxygens (including phenoxy) is 2. The van der Waals surface area contributed by atoms with Crippen LogP contribution in [0.4, 0.5) is 0 Å². The molecule has 0 fully saturated rings. The Hall–Kier alpha value is -2.01. The standard InChI is InChI=1S/C16H22N2O3/c1-5-18-14(8-11(2)17-18)10-21-15-7-6-13(12(3)19)9-16(15)20-4/h6-9,12,19H,5,10H2,1-4H3/t12-/m0/s1. The van der Waals surface area contributed by atoms with E-state index in [1.54, 1.807) is 20.1 Å². The molecule has 0 aliphatic rings. The maximum atomic E-state index is 9.61. The van der Waals surface area contributed by atoms with E-state index in [-0.39, 0.29) is 0 Å². The van der Waals surface area contributed by atoms with Crippen LogP contribution < -0.4 is 9.47 Å². The Kier molecular flexibility index (Phi) is 4.85. The van der Waals surface area contributed by atoms with E-state index < -0.39 is 6.10 Å². The molecular formula is C16H22N2O3. The predicted molar refractivity (Wildman–Crippen MR) is 80.6 cm³/mol. The van der Waals surface area contributed by atoms with Crippen LogP contribution >= 0.6 is 0 Å². The molecule has 0 aliphatic carbocycles. The van der Waals surface area contributed by atoms with Crippen molar-refractivity contribution in [1.82, 2.24) is 9.78 Å². The summed E-state index contributed by atoms with van der Waals surface area (Å²) in [6.07, 6.45) is -0.530. The first kappa shape index (κ1) is 15.4. The molecule has 0 saturated carbocycles. The fraction of sp³-hybridized carbons (Fsp3) is 0.438. The summed E-state index contributed by atoms with van der Waals surface area (Å²) < 4.78 is 13.1. The topological polar surface area (TPSA) is 56.5 Å². The van der Waals surface area contributed by atoms with E-state index in [4.69, 9.17) is 9.47 Å². The smallest absolute Gasteiger partial charge is 0.161 e. The molecule has 21 heavy (non-hydrogen) atoms. The van der Waals surface area contributed by atoms with Gasteiger partial charge in [0.1, 0.15) is 6.61 Å². The Morgan fingerprint density at radius 2 is 2.05 bits per heavy atom. The van der Waals surface area contributed by atoms with Crippen molar-refractivity contribution in [3.05, 3.63) is 41.2 Å². The summed E-state index contributed by atoms with van der Waals surface area (Å²) in [6, 6.07) is 7.47. The fourth-order valence-corrected chi connectivity index (χ4v) is 2.20. The van der Waals surface area contributed by atoms with Crippen molar-refractivity contribution in [3.63, 3.8) is 0 Å². The normalized spacial score (nSPS) is 12.2. The number of rotatable bonds is 6. The highest BCUT2D eigenvalue weighted by atomic mass is 16.5. The largest absolute Gasteiger partial charge is 0.493 e. The lowest BCUT2D eigenvalue weighted by Gasteiger charge is -2.13. The van der Waals surface area contributed by atoms with Crippen molar-refractivity contribution < 1.29 is 14.6 Å². The van der Waals surface area contributed by atoms with Crippen molar-refractivity contribution in [2.45, 2.75) is 40.0 Å². The van der Waals surface area contributed by atoms with Gasteiger partial charge in [-0.3, -0.25) is 4.68 Å². The number of aliphatic hydroxyl groups excluding tert-OH is 1. The van der Waals surface area contributed by atoms with Crippen molar-refractivity contribution in [2.24, 2.45) is 0 Å². The molecule has 1 aromatic carbocycles. The lowest BCUT2D eigenvalue weighted by atomic mass is 10.1. The van der Waals surface area contributed by atoms with Gasteiger partial charge in [0.05, 0.1) is 24.6 Å². The van der Waals surface area contributed by atoms with Gasteiger partial charge >= 0.3 is 0 Å². The first-order valence-corrected chi connectivity index (χ1v) is 7.07. The Morgan fingerprint density at radius 3 is 2.67 bits per heavy atom. The molecule has 114 valence electrons. The van der Waals surface area contributed by atoms with E-state index in [1.807, 2.05) is 36.7 Å². The first-order chi connectivity index (χ1) is 10.0. The molecule has 0 saturated heterocycles. The van der Waals surface area contributed by atoms with Crippen LogP contribution in [0, 0.1) is 6.92 Å². The summed E-state index contributed by atoms with van der Waals surface area (Å²) in [5, 5.41) is 14.0. The Balaban J connectivity index is 2.15. The van der Waals surface area contributed by atoms with Crippen LogP contribution in [0.2, 0.25) is 0 Å². The van der Waals surface area contributed by atoms with Crippen molar-refractivity contribution >= 4 is 0 Å². The zero-order valence-corrected chi connectivity index (χ0v) is 13.0. The van der Waals surface area contributed by atoms with Crippen LogP contribution in [0.5, 0.6) is 11.5 Å². The van der Waals surface area contributed by atoms with Gasteiger partial charge in [0.2, 0.25) is 0 Å². The summed E-state index contributed by atoms with van der Waals surface area (Å²) in [5.41, 5.74) is 2.80. The quantitative estimate of drug-likeness (QED) is 0.889. The monoisotopic (exact) mass is 290 g/mol. The minimum absolute atomic E-state index is 0.430. The molecule has 2 rings (SSSR count). The fourth-order valence-electron chi connectivity index (χ4n) is 2.20. The third-order valence-electron chi connectivity index (χ3n) is 3.33. The summed E-state index contributed by atoms with van der Waals surface area (Å²) in [4.78, 5) is 0. The molecule has 0 amide bonds. The summed E-state index contributed by atoms with van der Waals surface area (Å²) >= 11 is 0. The third-order valence-corrected chi connectivity index (χ3v) is 3.33. The van der Waals surface area contributed by atoms with E-state index in [1.165, 1.54) is 0 Å². The molecule has 1 aromatic heterocycles. The van der Waals surface area contributed by atoms with E-state index >= 15 is 0 Å². The highest BCUT2D eigenvalue weighted by Gasteiger charge is 2.10. The number of aromatic nitrogens is 2. The van der Waals surface area contributed by atoms with Crippen LogP contribution in [0.3, 0.4) is 0 Å². The number of aryl methyl sites for hydroxylation is 2. The van der Waals surface area contributed by atoms with E-state index in [0.717, 1.165) is 23.5 Å². The molecule has 0 radical (unpaired) electrons. The molecule has 1 atom stereocenters. The summed E-state index contributed by atoms with van der Waals surface area (Å²) in [7, 11) is 1.59. The van der Waals surface area contributed by atoms with Gasteiger partial charge in [0.25, 0.3) is 0 Å². The maximum Gasteiger partial charge on any atom is 0.161 e. The van der Waals surface area contributed by atoms with Crippen LogP contribution in [0.15, 0.2) is 24.3 Å². The van der Waals surface area contributed by atoms with Gasteiger partial charge < -0.3 is 14.6 Å². The average molecular weight is 290 g/mol. The van der Waals surface area contributed by atoms with E-state index in [0.29, 0.717) is 18.1 Å². The number of hydrogen-bond donors (Lipinski definition) is 1. The Morgan fingerprint density at radius 1 is 1.29 bits per heavy atom. The van der Waals surface area contributed by atoms with Crippen LogP contribution in [-0.2, 0) is 13.2 Å².